The highest BCUT2D eigenvalue weighted by Crippen LogP contribution is 2.17. The van der Waals surface area contributed by atoms with Crippen molar-refractivity contribution in [3.8, 4) is 0 Å². The van der Waals surface area contributed by atoms with Crippen LogP contribution in [0.4, 0.5) is 4.79 Å². The van der Waals surface area contributed by atoms with Gasteiger partial charge in [0.1, 0.15) is 0 Å². The summed E-state index contributed by atoms with van der Waals surface area (Å²) in [6.07, 6.45) is 0.982. The van der Waals surface area contributed by atoms with E-state index in [-0.39, 0.29) is 12.1 Å². The van der Waals surface area contributed by atoms with Crippen molar-refractivity contribution >= 4 is 6.03 Å². The highest BCUT2D eigenvalue weighted by Gasteiger charge is 2.32. The fourth-order valence-corrected chi connectivity index (χ4v) is 1.35. The molecule has 0 saturated carbocycles. The van der Waals surface area contributed by atoms with Gasteiger partial charge in [0.2, 0.25) is 0 Å². The number of nitrogens with two attached hydrogens (primary N) is 1. The maximum atomic E-state index is 11.3. The van der Waals surface area contributed by atoms with Gasteiger partial charge >= 0.3 is 6.03 Å². The maximum Gasteiger partial charge on any atom is 0.317 e. The van der Waals surface area contributed by atoms with E-state index in [4.69, 9.17) is 5.73 Å². The summed E-state index contributed by atoms with van der Waals surface area (Å²) in [5, 5.41) is 2.84. The third-order valence-electron chi connectivity index (χ3n) is 2.47. The van der Waals surface area contributed by atoms with Crippen LogP contribution in [0.5, 0.6) is 0 Å². The minimum Gasteiger partial charge on any atom is -0.338 e. The molecule has 4 nitrogen and oxygen atoms in total. The Kier molecular flexibility index (Phi) is 3.54. The smallest absolute Gasteiger partial charge is 0.317 e. The molecule has 0 aliphatic carbocycles. The highest BCUT2D eigenvalue weighted by atomic mass is 16.2. The minimum atomic E-state index is 0.0544. The highest BCUT2D eigenvalue weighted by molar-refractivity contribution is 5.75. The molecule has 1 unspecified atom stereocenters. The standard InChI is InChI=1S/C9H19N3O/c1-3-4-11-9(13)12-5-8(6-12)7(2)10/h7-8H,3-6,10H2,1-2H3,(H,11,13). The van der Waals surface area contributed by atoms with Crippen molar-refractivity contribution in [1.29, 1.82) is 0 Å². The van der Waals surface area contributed by atoms with Gasteiger partial charge in [0.25, 0.3) is 0 Å². The van der Waals surface area contributed by atoms with Gasteiger partial charge < -0.3 is 16.0 Å². The molecule has 0 bridgehead atoms. The van der Waals surface area contributed by atoms with Crippen LogP contribution < -0.4 is 11.1 Å². The fraction of sp³-hybridized carbons (Fsp3) is 0.889. The van der Waals surface area contributed by atoms with Gasteiger partial charge in [0.15, 0.2) is 0 Å². The van der Waals surface area contributed by atoms with Crippen molar-refractivity contribution in [3.05, 3.63) is 0 Å². The zero-order valence-electron chi connectivity index (χ0n) is 8.42. The van der Waals surface area contributed by atoms with Gasteiger partial charge in [-0.2, -0.15) is 0 Å². The van der Waals surface area contributed by atoms with Gasteiger partial charge in [-0.25, -0.2) is 4.79 Å². The number of carbonyl (C=O) groups excluding carboxylic acids is 1. The monoisotopic (exact) mass is 185 g/mol. The number of rotatable bonds is 3. The van der Waals surface area contributed by atoms with Crippen LogP contribution in [0.2, 0.25) is 0 Å². The number of nitrogens with one attached hydrogen (secondary N) is 1. The fourth-order valence-electron chi connectivity index (χ4n) is 1.35. The molecule has 0 radical (unpaired) electrons. The summed E-state index contributed by atoms with van der Waals surface area (Å²) in [5.41, 5.74) is 5.70. The number of hydrogen-bond acceptors (Lipinski definition) is 2. The second kappa shape index (κ2) is 4.46. The average molecular weight is 185 g/mol. The van der Waals surface area contributed by atoms with E-state index >= 15 is 0 Å². The van der Waals surface area contributed by atoms with Gasteiger partial charge in [-0.15, -0.1) is 0 Å². The second-order valence-corrected chi connectivity index (χ2v) is 3.76. The lowest BCUT2D eigenvalue weighted by Gasteiger charge is -2.41. The van der Waals surface area contributed by atoms with Crippen LogP contribution in [0.25, 0.3) is 0 Å². The van der Waals surface area contributed by atoms with Crippen molar-refractivity contribution in [2.45, 2.75) is 26.3 Å². The van der Waals surface area contributed by atoms with Crippen LogP contribution in [0.15, 0.2) is 0 Å². The third-order valence-corrected chi connectivity index (χ3v) is 2.47. The molecule has 76 valence electrons. The van der Waals surface area contributed by atoms with E-state index in [2.05, 4.69) is 5.32 Å². The van der Waals surface area contributed by atoms with Crippen LogP contribution in [-0.4, -0.2) is 36.6 Å². The molecule has 0 aromatic rings. The van der Waals surface area contributed by atoms with Crippen LogP contribution in [0, 0.1) is 5.92 Å². The van der Waals surface area contributed by atoms with E-state index in [1.807, 2.05) is 18.7 Å². The van der Waals surface area contributed by atoms with Gasteiger partial charge in [0.05, 0.1) is 0 Å². The predicted molar refractivity (Wildman–Crippen MR) is 52.4 cm³/mol. The summed E-state index contributed by atoms with van der Waals surface area (Å²) in [5.74, 6) is 0.493. The summed E-state index contributed by atoms with van der Waals surface area (Å²) < 4.78 is 0. The zero-order valence-corrected chi connectivity index (χ0v) is 8.42. The molecule has 1 heterocycles. The Morgan fingerprint density at radius 1 is 1.69 bits per heavy atom. The van der Waals surface area contributed by atoms with Crippen molar-refractivity contribution in [3.63, 3.8) is 0 Å². The minimum absolute atomic E-state index is 0.0544. The summed E-state index contributed by atoms with van der Waals surface area (Å²) in [4.78, 5) is 13.1. The molecule has 1 aliphatic rings. The normalized spacial score (nSPS) is 19.5. The molecule has 1 atom stereocenters. The van der Waals surface area contributed by atoms with Crippen molar-refractivity contribution < 1.29 is 4.79 Å². The first-order valence-corrected chi connectivity index (χ1v) is 4.93. The molecule has 0 aromatic heterocycles. The number of urea groups is 1. The van der Waals surface area contributed by atoms with E-state index in [1.165, 1.54) is 0 Å². The zero-order chi connectivity index (χ0) is 9.84. The molecule has 1 fully saturated rings. The van der Waals surface area contributed by atoms with Gasteiger partial charge in [-0.05, 0) is 13.3 Å². The topological polar surface area (TPSA) is 58.4 Å². The van der Waals surface area contributed by atoms with E-state index < -0.39 is 0 Å². The number of carbonyl (C=O) groups is 1. The lowest BCUT2D eigenvalue weighted by molar-refractivity contribution is 0.109. The van der Waals surface area contributed by atoms with Crippen molar-refractivity contribution in [2.75, 3.05) is 19.6 Å². The molecule has 1 rings (SSSR count). The molecule has 4 heteroatoms. The van der Waals surface area contributed by atoms with Gasteiger partial charge in [-0.3, -0.25) is 0 Å². The summed E-state index contributed by atoms with van der Waals surface area (Å²) in [6.45, 7) is 6.42. The molecule has 13 heavy (non-hydrogen) atoms. The lowest BCUT2D eigenvalue weighted by atomic mass is 9.94. The number of amides is 2. The molecule has 3 N–H and O–H groups in total. The summed E-state index contributed by atoms with van der Waals surface area (Å²) in [7, 11) is 0. The Hall–Kier alpha value is -0.770. The van der Waals surface area contributed by atoms with Crippen molar-refractivity contribution in [1.82, 2.24) is 10.2 Å². The quantitative estimate of drug-likeness (QED) is 0.668. The van der Waals surface area contributed by atoms with E-state index in [0.717, 1.165) is 26.1 Å². The Morgan fingerprint density at radius 3 is 2.77 bits per heavy atom. The molecule has 1 aliphatic heterocycles. The number of nitrogens with zero attached hydrogens (tertiary/aromatic N) is 1. The first-order valence-electron chi connectivity index (χ1n) is 4.93. The van der Waals surface area contributed by atoms with Crippen molar-refractivity contribution in [2.24, 2.45) is 11.7 Å². The van der Waals surface area contributed by atoms with Crippen LogP contribution >= 0.6 is 0 Å². The largest absolute Gasteiger partial charge is 0.338 e. The Bertz CT molecular complexity index is 176. The molecule has 0 aromatic carbocycles. The summed E-state index contributed by atoms with van der Waals surface area (Å²) >= 11 is 0. The lowest BCUT2D eigenvalue weighted by Crippen LogP contribution is -2.58. The molecule has 1 saturated heterocycles. The van der Waals surface area contributed by atoms with E-state index in [0.29, 0.717) is 5.92 Å². The number of hydrogen-bond donors (Lipinski definition) is 2. The summed E-state index contributed by atoms with van der Waals surface area (Å²) in [6, 6.07) is 0.258. The number of likely N-dealkylation sites (tertiary alicyclic amines) is 1. The van der Waals surface area contributed by atoms with Crippen LogP contribution in [0.1, 0.15) is 20.3 Å². The van der Waals surface area contributed by atoms with E-state index in [9.17, 15) is 4.79 Å². The molecule has 0 spiro atoms. The van der Waals surface area contributed by atoms with Crippen LogP contribution in [0.3, 0.4) is 0 Å². The molecule has 2 amide bonds. The Labute approximate surface area is 79.5 Å². The first-order chi connectivity index (χ1) is 6.15. The first kappa shape index (κ1) is 10.3. The molecular formula is C9H19N3O. The Balaban J connectivity index is 2.15. The Morgan fingerprint density at radius 2 is 2.31 bits per heavy atom. The van der Waals surface area contributed by atoms with Crippen LogP contribution in [-0.2, 0) is 0 Å². The SMILES string of the molecule is CCCNC(=O)N1CC(C(C)N)C1. The predicted octanol–water partition coefficient (Wildman–Crippen LogP) is 0.385. The second-order valence-electron chi connectivity index (χ2n) is 3.76. The molecular weight excluding hydrogens is 166 g/mol. The average Bonchev–Trinajstić information content (AvgIpc) is 1.97. The van der Waals surface area contributed by atoms with Gasteiger partial charge in [0, 0.05) is 31.6 Å². The van der Waals surface area contributed by atoms with Gasteiger partial charge in [-0.1, -0.05) is 6.92 Å². The maximum absolute atomic E-state index is 11.3. The third kappa shape index (κ3) is 2.59. The van der Waals surface area contributed by atoms with E-state index in [1.54, 1.807) is 0 Å².